The van der Waals surface area contributed by atoms with E-state index in [2.05, 4.69) is 41.4 Å². The van der Waals surface area contributed by atoms with Gasteiger partial charge in [0.15, 0.2) is 0 Å². The van der Waals surface area contributed by atoms with Gasteiger partial charge in [0, 0.05) is 40.1 Å². The van der Waals surface area contributed by atoms with Crippen molar-refractivity contribution in [1.82, 2.24) is 9.88 Å². The number of nitrogens with zero attached hydrogens (tertiary/aromatic N) is 1. The van der Waals surface area contributed by atoms with Crippen LogP contribution in [0, 0.1) is 0 Å². The molecule has 0 unspecified atom stereocenters. The molecule has 2 aliphatic heterocycles. The average Bonchev–Trinajstić information content (AvgIpc) is 3.29. The number of ether oxygens (including phenoxy) is 1. The van der Waals surface area contributed by atoms with E-state index >= 15 is 0 Å². The highest BCUT2D eigenvalue weighted by Crippen LogP contribution is 2.36. The molecule has 1 N–H and O–H groups in total. The topological polar surface area (TPSA) is 28.3 Å². The molecule has 3 heterocycles. The zero-order valence-corrected chi connectivity index (χ0v) is 14.9. The van der Waals surface area contributed by atoms with Crippen molar-refractivity contribution in [3.8, 4) is 0 Å². The van der Waals surface area contributed by atoms with Crippen molar-refractivity contribution in [3.05, 3.63) is 29.5 Å². The van der Waals surface area contributed by atoms with Crippen molar-refractivity contribution in [2.24, 2.45) is 0 Å². The molecule has 4 rings (SSSR count). The first-order valence-electron chi connectivity index (χ1n) is 8.72. The Morgan fingerprint density at radius 1 is 1.35 bits per heavy atom. The highest BCUT2D eigenvalue weighted by atomic mass is 32.2. The van der Waals surface area contributed by atoms with Crippen molar-refractivity contribution in [2.45, 2.75) is 42.5 Å². The van der Waals surface area contributed by atoms with Crippen molar-refractivity contribution in [2.75, 3.05) is 33.1 Å². The van der Waals surface area contributed by atoms with E-state index in [9.17, 15) is 0 Å². The first-order chi connectivity index (χ1) is 11.3. The fraction of sp³-hybridized carbons (Fsp3) is 0.579. The molecule has 0 amide bonds. The molecule has 0 spiro atoms. The maximum absolute atomic E-state index is 5.66. The highest BCUT2D eigenvalue weighted by molar-refractivity contribution is 7.98. The van der Waals surface area contributed by atoms with Crippen LogP contribution in [0.5, 0.6) is 0 Å². The second kappa shape index (κ2) is 6.50. The Morgan fingerprint density at radius 2 is 2.26 bits per heavy atom. The molecule has 0 saturated carbocycles. The molecule has 2 saturated heterocycles. The summed E-state index contributed by atoms with van der Waals surface area (Å²) in [5.74, 6) is 0.543. The summed E-state index contributed by atoms with van der Waals surface area (Å²) < 4.78 is 5.66. The largest absolute Gasteiger partial charge is 0.381 e. The predicted molar refractivity (Wildman–Crippen MR) is 97.6 cm³/mol. The summed E-state index contributed by atoms with van der Waals surface area (Å²) in [7, 11) is 2.28. The minimum Gasteiger partial charge on any atom is -0.381 e. The summed E-state index contributed by atoms with van der Waals surface area (Å²) in [5.41, 5.74) is 4.28. The fourth-order valence-corrected chi connectivity index (χ4v) is 4.62. The summed E-state index contributed by atoms with van der Waals surface area (Å²) in [6.07, 6.45) is 7.13. The van der Waals surface area contributed by atoms with Gasteiger partial charge in [-0.15, -0.1) is 11.8 Å². The van der Waals surface area contributed by atoms with Gasteiger partial charge in [0.05, 0.1) is 6.61 Å². The summed E-state index contributed by atoms with van der Waals surface area (Å²) in [6, 6.07) is 7.54. The summed E-state index contributed by atoms with van der Waals surface area (Å²) in [5, 5.41) is 1.43. The number of H-pyrrole nitrogens is 1. The number of nitrogens with one attached hydrogen (secondary N) is 1. The van der Waals surface area contributed by atoms with Crippen LogP contribution in [0.4, 0.5) is 0 Å². The van der Waals surface area contributed by atoms with E-state index in [1.807, 2.05) is 11.8 Å². The van der Waals surface area contributed by atoms with Crippen molar-refractivity contribution in [3.63, 3.8) is 0 Å². The van der Waals surface area contributed by atoms with Gasteiger partial charge in [0.25, 0.3) is 0 Å². The number of thioether (sulfide) groups is 1. The Bertz CT molecular complexity index is 690. The lowest BCUT2D eigenvalue weighted by Gasteiger charge is -2.21. The van der Waals surface area contributed by atoms with Gasteiger partial charge in [0.2, 0.25) is 0 Å². The molecule has 0 radical (unpaired) electrons. The van der Waals surface area contributed by atoms with Gasteiger partial charge in [-0.2, -0.15) is 0 Å². The molecule has 0 aliphatic carbocycles. The van der Waals surface area contributed by atoms with E-state index in [4.69, 9.17) is 4.74 Å². The van der Waals surface area contributed by atoms with Crippen LogP contribution >= 0.6 is 11.8 Å². The van der Waals surface area contributed by atoms with Crippen molar-refractivity contribution >= 4 is 22.7 Å². The molecule has 2 aliphatic rings. The lowest BCUT2D eigenvalue weighted by Crippen LogP contribution is -2.27. The third-order valence-electron chi connectivity index (χ3n) is 5.60. The Hall–Kier alpha value is -0.970. The van der Waals surface area contributed by atoms with Gasteiger partial charge in [0.1, 0.15) is 0 Å². The Labute approximate surface area is 142 Å². The quantitative estimate of drug-likeness (QED) is 0.858. The van der Waals surface area contributed by atoms with Crippen LogP contribution in [0.15, 0.2) is 23.1 Å². The van der Waals surface area contributed by atoms with Gasteiger partial charge in [-0.05, 0) is 69.3 Å². The van der Waals surface area contributed by atoms with E-state index in [1.54, 1.807) is 5.56 Å². The predicted octanol–water partition coefficient (Wildman–Crippen LogP) is 4.03. The molecule has 0 bridgehead atoms. The summed E-state index contributed by atoms with van der Waals surface area (Å²) in [4.78, 5) is 7.63. The molecule has 4 heteroatoms. The Kier molecular flexibility index (Phi) is 4.39. The van der Waals surface area contributed by atoms with E-state index < -0.39 is 0 Å². The SMILES string of the molecule is CSc1ccc2[nH]c([C@H]3CCOC3)c(C[C@H]3CCCN3C)c2c1. The van der Waals surface area contributed by atoms with Crippen LogP contribution in [-0.4, -0.2) is 49.0 Å². The van der Waals surface area contributed by atoms with Crippen LogP contribution in [0.1, 0.15) is 36.4 Å². The van der Waals surface area contributed by atoms with Crippen LogP contribution in [0.2, 0.25) is 0 Å². The lowest BCUT2D eigenvalue weighted by molar-refractivity contribution is 0.193. The molecule has 124 valence electrons. The first-order valence-corrected chi connectivity index (χ1v) is 9.95. The number of likely N-dealkylation sites (tertiary alicyclic amines) is 1. The van der Waals surface area contributed by atoms with Crippen LogP contribution < -0.4 is 0 Å². The zero-order chi connectivity index (χ0) is 15.8. The third-order valence-corrected chi connectivity index (χ3v) is 6.32. The summed E-state index contributed by atoms with van der Waals surface area (Å²) in [6.45, 7) is 3.01. The smallest absolute Gasteiger partial charge is 0.0550 e. The molecule has 2 aromatic rings. The van der Waals surface area contributed by atoms with Gasteiger partial charge >= 0.3 is 0 Å². The molecule has 3 nitrogen and oxygen atoms in total. The van der Waals surface area contributed by atoms with E-state index in [0.717, 1.165) is 19.6 Å². The van der Waals surface area contributed by atoms with E-state index in [1.165, 1.54) is 47.3 Å². The fourth-order valence-electron chi connectivity index (χ4n) is 4.18. The zero-order valence-electron chi connectivity index (χ0n) is 14.1. The Morgan fingerprint density at radius 3 is 2.96 bits per heavy atom. The second-order valence-corrected chi connectivity index (χ2v) is 7.85. The number of aromatic nitrogens is 1. The van der Waals surface area contributed by atoms with Crippen LogP contribution in [0.25, 0.3) is 10.9 Å². The maximum Gasteiger partial charge on any atom is 0.0550 e. The Balaban J connectivity index is 1.77. The van der Waals surface area contributed by atoms with Gasteiger partial charge in [-0.3, -0.25) is 0 Å². The molecule has 1 aromatic heterocycles. The second-order valence-electron chi connectivity index (χ2n) is 6.97. The number of likely N-dealkylation sites (N-methyl/N-ethyl adjacent to an activating group) is 1. The highest BCUT2D eigenvalue weighted by Gasteiger charge is 2.28. The number of hydrogen-bond donors (Lipinski definition) is 1. The number of rotatable bonds is 4. The summed E-state index contributed by atoms with van der Waals surface area (Å²) >= 11 is 1.83. The van der Waals surface area contributed by atoms with E-state index in [0.29, 0.717) is 12.0 Å². The number of aromatic amines is 1. The molecule has 1 aromatic carbocycles. The number of fused-ring (bicyclic) bond motifs is 1. The average molecular weight is 330 g/mol. The molecule has 23 heavy (non-hydrogen) atoms. The van der Waals surface area contributed by atoms with Crippen LogP contribution in [-0.2, 0) is 11.2 Å². The van der Waals surface area contributed by atoms with Crippen LogP contribution in [0.3, 0.4) is 0 Å². The lowest BCUT2D eigenvalue weighted by atomic mass is 9.94. The standard InChI is InChI=1S/C19H26N2OS/c1-21-8-3-4-14(21)10-17-16-11-15(23-2)5-6-18(16)20-19(17)13-7-9-22-12-13/h5-6,11,13-14,20H,3-4,7-10,12H2,1-2H3/t13-,14+/m0/s1. The van der Waals surface area contributed by atoms with Gasteiger partial charge in [-0.25, -0.2) is 0 Å². The van der Waals surface area contributed by atoms with Gasteiger partial charge in [-0.1, -0.05) is 0 Å². The van der Waals surface area contributed by atoms with E-state index in [-0.39, 0.29) is 0 Å². The minimum absolute atomic E-state index is 0.543. The molecule has 2 atom stereocenters. The van der Waals surface area contributed by atoms with Gasteiger partial charge < -0.3 is 14.6 Å². The first kappa shape index (κ1) is 15.6. The number of benzene rings is 1. The molecular weight excluding hydrogens is 304 g/mol. The maximum atomic E-state index is 5.66. The van der Waals surface area contributed by atoms with Crippen molar-refractivity contribution < 1.29 is 4.74 Å². The minimum atomic E-state index is 0.543. The normalized spacial score (nSPS) is 25.7. The number of hydrogen-bond acceptors (Lipinski definition) is 3. The third kappa shape index (κ3) is 2.92. The monoisotopic (exact) mass is 330 g/mol. The molecule has 2 fully saturated rings. The van der Waals surface area contributed by atoms with Crippen molar-refractivity contribution in [1.29, 1.82) is 0 Å². The molecular formula is C19H26N2OS.